The minimum atomic E-state index is 0.0428. The molecular formula is C14H20O2. The molecule has 0 unspecified atom stereocenters. The van der Waals surface area contributed by atoms with Crippen molar-refractivity contribution in [2.75, 3.05) is 6.61 Å². The first kappa shape index (κ1) is 12.8. The summed E-state index contributed by atoms with van der Waals surface area (Å²) >= 11 is 0. The summed E-state index contributed by atoms with van der Waals surface area (Å²) in [5.41, 5.74) is 1.51. The number of hydrogen-bond acceptors (Lipinski definition) is 2. The Bertz CT molecular complexity index is 361. The van der Waals surface area contributed by atoms with Crippen molar-refractivity contribution in [3.8, 4) is 5.75 Å². The molecule has 0 fully saturated rings. The lowest BCUT2D eigenvalue weighted by Crippen LogP contribution is -2.10. The van der Waals surface area contributed by atoms with E-state index in [2.05, 4.69) is 26.8 Å². The van der Waals surface area contributed by atoms with Gasteiger partial charge in [-0.3, -0.25) is 4.79 Å². The van der Waals surface area contributed by atoms with E-state index in [1.807, 2.05) is 18.2 Å². The Kier molecular flexibility index (Phi) is 4.11. The molecule has 16 heavy (non-hydrogen) atoms. The average Bonchev–Trinajstić information content (AvgIpc) is 2.12. The topological polar surface area (TPSA) is 26.3 Å². The molecule has 0 saturated carbocycles. The van der Waals surface area contributed by atoms with Crippen molar-refractivity contribution < 1.29 is 9.53 Å². The van der Waals surface area contributed by atoms with Gasteiger partial charge in [0.15, 0.2) is 5.78 Å². The first-order valence-electron chi connectivity index (χ1n) is 5.58. The Hall–Kier alpha value is -1.31. The summed E-state index contributed by atoms with van der Waals surface area (Å²) in [6.45, 7) is 8.29. The average molecular weight is 220 g/mol. The standard InChI is InChI=1S/C14H20O2/c1-11(15)10-16-13-7-5-6-12(8-13)9-14(2,3)4/h5-8H,9-10H2,1-4H3. The fourth-order valence-electron chi connectivity index (χ4n) is 1.54. The molecule has 0 saturated heterocycles. The van der Waals surface area contributed by atoms with Gasteiger partial charge in [0.1, 0.15) is 12.4 Å². The van der Waals surface area contributed by atoms with E-state index < -0.39 is 0 Å². The van der Waals surface area contributed by atoms with Gasteiger partial charge in [-0.05, 0) is 36.5 Å². The molecule has 1 aromatic carbocycles. The molecule has 0 aliphatic heterocycles. The first-order valence-corrected chi connectivity index (χ1v) is 5.58. The number of Topliss-reactive ketones (excluding diaryl/α,β-unsaturated/α-hetero) is 1. The SMILES string of the molecule is CC(=O)COc1cccc(CC(C)(C)C)c1. The highest BCUT2D eigenvalue weighted by molar-refractivity contribution is 5.77. The van der Waals surface area contributed by atoms with Crippen LogP contribution in [0.15, 0.2) is 24.3 Å². The molecule has 2 heteroatoms. The minimum Gasteiger partial charge on any atom is -0.486 e. The summed E-state index contributed by atoms with van der Waals surface area (Å²) < 4.78 is 5.37. The lowest BCUT2D eigenvalue weighted by Gasteiger charge is -2.18. The van der Waals surface area contributed by atoms with Crippen LogP contribution in [-0.4, -0.2) is 12.4 Å². The summed E-state index contributed by atoms with van der Waals surface area (Å²) in [7, 11) is 0. The second kappa shape index (κ2) is 5.15. The largest absolute Gasteiger partial charge is 0.486 e. The van der Waals surface area contributed by atoms with Gasteiger partial charge in [0, 0.05) is 0 Å². The molecule has 2 nitrogen and oxygen atoms in total. The van der Waals surface area contributed by atoms with Crippen molar-refractivity contribution >= 4 is 5.78 Å². The van der Waals surface area contributed by atoms with Crippen LogP contribution in [0, 0.1) is 5.41 Å². The van der Waals surface area contributed by atoms with Gasteiger partial charge in [-0.15, -0.1) is 0 Å². The van der Waals surface area contributed by atoms with Crippen LogP contribution < -0.4 is 4.74 Å². The van der Waals surface area contributed by atoms with E-state index in [0.29, 0.717) is 0 Å². The molecule has 0 atom stereocenters. The van der Waals surface area contributed by atoms with Crippen LogP contribution in [0.5, 0.6) is 5.75 Å². The van der Waals surface area contributed by atoms with Crippen molar-refractivity contribution in [1.82, 2.24) is 0 Å². The van der Waals surface area contributed by atoms with Crippen molar-refractivity contribution in [1.29, 1.82) is 0 Å². The van der Waals surface area contributed by atoms with E-state index in [4.69, 9.17) is 4.74 Å². The van der Waals surface area contributed by atoms with Crippen molar-refractivity contribution in [3.63, 3.8) is 0 Å². The van der Waals surface area contributed by atoms with Crippen LogP contribution in [0.4, 0.5) is 0 Å². The third-order valence-electron chi connectivity index (χ3n) is 2.07. The lowest BCUT2D eigenvalue weighted by molar-refractivity contribution is -0.118. The maximum atomic E-state index is 10.8. The predicted molar refractivity (Wildman–Crippen MR) is 65.8 cm³/mol. The van der Waals surface area contributed by atoms with Gasteiger partial charge in [-0.25, -0.2) is 0 Å². The summed E-state index contributed by atoms with van der Waals surface area (Å²) in [6.07, 6.45) is 1.00. The van der Waals surface area contributed by atoms with Gasteiger partial charge in [0.25, 0.3) is 0 Å². The number of benzene rings is 1. The summed E-state index contributed by atoms with van der Waals surface area (Å²) in [6, 6.07) is 7.95. The number of carbonyl (C=O) groups is 1. The number of ketones is 1. The predicted octanol–water partition coefficient (Wildman–Crippen LogP) is 3.24. The van der Waals surface area contributed by atoms with E-state index in [9.17, 15) is 4.79 Å². The highest BCUT2D eigenvalue weighted by Gasteiger charge is 2.11. The zero-order valence-corrected chi connectivity index (χ0v) is 10.5. The third kappa shape index (κ3) is 4.96. The number of ether oxygens (including phenoxy) is 1. The molecule has 0 bridgehead atoms. The van der Waals surface area contributed by atoms with E-state index >= 15 is 0 Å². The fraction of sp³-hybridized carbons (Fsp3) is 0.500. The molecule has 0 N–H and O–H groups in total. The zero-order valence-electron chi connectivity index (χ0n) is 10.5. The maximum Gasteiger partial charge on any atom is 0.167 e. The highest BCUT2D eigenvalue weighted by Crippen LogP contribution is 2.23. The third-order valence-corrected chi connectivity index (χ3v) is 2.07. The number of rotatable bonds is 4. The van der Waals surface area contributed by atoms with Gasteiger partial charge < -0.3 is 4.74 Å². The summed E-state index contributed by atoms with van der Waals surface area (Å²) in [5, 5.41) is 0. The Morgan fingerprint density at radius 3 is 2.56 bits per heavy atom. The second-order valence-electron chi connectivity index (χ2n) is 5.38. The Balaban J connectivity index is 2.67. The Labute approximate surface area is 97.6 Å². The quantitative estimate of drug-likeness (QED) is 0.778. The fourth-order valence-corrected chi connectivity index (χ4v) is 1.54. The molecule has 1 aromatic rings. The normalized spacial score (nSPS) is 11.2. The monoisotopic (exact) mass is 220 g/mol. The van der Waals surface area contributed by atoms with Gasteiger partial charge in [-0.2, -0.15) is 0 Å². The van der Waals surface area contributed by atoms with E-state index in [1.165, 1.54) is 12.5 Å². The molecule has 0 amide bonds. The maximum absolute atomic E-state index is 10.8. The van der Waals surface area contributed by atoms with E-state index in [1.54, 1.807) is 0 Å². The summed E-state index contributed by atoms with van der Waals surface area (Å²) in [4.78, 5) is 10.8. The molecule has 0 aliphatic carbocycles. The molecule has 0 aromatic heterocycles. The lowest BCUT2D eigenvalue weighted by atomic mass is 9.88. The Morgan fingerprint density at radius 1 is 1.31 bits per heavy atom. The first-order chi connectivity index (χ1) is 7.37. The molecular weight excluding hydrogens is 200 g/mol. The van der Waals surface area contributed by atoms with Crippen molar-refractivity contribution in [2.45, 2.75) is 34.1 Å². The van der Waals surface area contributed by atoms with Crippen LogP contribution >= 0.6 is 0 Å². The number of hydrogen-bond donors (Lipinski definition) is 0. The highest BCUT2D eigenvalue weighted by atomic mass is 16.5. The smallest absolute Gasteiger partial charge is 0.167 e. The van der Waals surface area contributed by atoms with Crippen LogP contribution in [0.1, 0.15) is 33.3 Å². The molecule has 0 spiro atoms. The summed E-state index contributed by atoms with van der Waals surface area (Å²) in [5.74, 6) is 0.818. The minimum absolute atomic E-state index is 0.0428. The van der Waals surface area contributed by atoms with Gasteiger partial charge >= 0.3 is 0 Å². The molecule has 0 aliphatic rings. The second-order valence-corrected chi connectivity index (χ2v) is 5.38. The van der Waals surface area contributed by atoms with Gasteiger partial charge in [0.05, 0.1) is 0 Å². The Morgan fingerprint density at radius 2 is 2.00 bits per heavy atom. The molecule has 0 heterocycles. The van der Waals surface area contributed by atoms with Crippen molar-refractivity contribution in [3.05, 3.63) is 29.8 Å². The van der Waals surface area contributed by atoms with Crippen LogP contribution in [0.25, 0.3) is 0 Å². The van der Waals surface area contributed by atoms with Crippen LogP contribution in [0.2, 0.25) is 0 Å². The van der Waals surface area contributed by atoms with Crippen LogP contribution in [-0.2, 0) is 11.2 Å². The molecule has 88 valence electrons. The molecule has 1 rings (SSSR count). The van der Waals surface area contributed by atoms with Crippen molar-refractivity contribution in [2.24, 2.45) is 5.41 Å². The van der Waals surface area contributed by atoms with E-state index in [0.717, 1.165) is 12.2 Å². The number of carbonyl (C=O) groups excluding carboxylic acids is 1. The molecule has 0 radical (unpaired) electrons. The van der Waals surface area contributed by atoms with Gasteiger partial charge in [-0.1, -0.05) is 32.9 Å². The van der Waals surface area contributed by atoms with Gasteiger partial charge in [0.2, 0.25) is 0 Å². The zero-order chi connectivity index (χ0) is 12.2. The van der Waals surface area contributed by atoms with E-state index in [-0.39, 0.29) is 17.8 Å². The van der Waals surface area contributed by atoms with Crippen LogP contribution in [0.3, 0.4) is 0 Å².